The van der Waals surface area contributed by atoms with E-state index < -0.39 is 0 Å². The van der Waals surface area contributed by atoms with Crippen molar-refractivity contribution in [1.29, 1.82) is 0 Å². The normalized spacial score (nSPS) is 16.0. The van der Waals surface area contributed by atoms with Gasteiger partial charge < -0.3 is 9.52 Å². The molecule has 0 spiro atoms. The van der Waals surface area contributed by atoms with Crippen molar-refractivity contribution < 1.29 is 14.1 Å². The number of aromatic nitrogens is 1. The number of aryl methyl sites for hydroxylation is 1. The minimum Gasteiger partial charge on any atom is -0.821 e. The molecule has 1 aliphatic rings. The van der Waals surface area contributed by atoms with Gasteiger partial charge in [-0.2, -0.15) is 4.57 Å². The van der Waals surface area contributed by atoms with Gasteiger partial charge in [0.25, 0.3) is 0 Å². The van der Waals surface area contributed by atoms with E-state index in [4.69, 9.17) is 4.42 Å². The van der Waals surface area contributed by atoms with Crippen LogP contribution in [-0.4, -0.2) is 0 Å². The summed E-state index contributed by atoms with van der Waals surface area (Å²) in [6, 6.07) is 0. The summed E-state index contributed by atoms with van der Waals surface area (Å²) in [6.45, 7) is 0.838. The van der Waals surface area contributed by atoms with Gasteiger partial charge in [-0.25, -0.2) is 0 Å². The van der Waals surface area contributed by atoms with Crippen LogP contribution in [0.5, 0.6) is 5.88 Å². The molecule has 2 heterocycles. The Bertz CT molecular complexity index is 229. The van der Waals surface area contributed by atoms with Crippen molar-refractivity contribution in [1.82, 2.24) is 0 Å². The van der Waals surface area contributed by atoms with Gasteiger partial charge in [-0.05, 0) is 0 Å². The van der Waals surface area contributed by atoms with E-state index in [0.29, 0.717) is 0 Å². The van der Waals surface area contributed by atoms with E-state index >= 15 is 0 Å². The number of fused-ring (bicyclic) bond motifs is 1. The molecular formula is C6H7NO2. The fourth-order valence-electron chi connectivity index (χ4n) is 1.19. The van der Waals surface area contributed by atoms with E-state index in [9.17, 15) is 5.11 Å². The first-order valence-electron chi connectivity index (χ1n) is 3.05. The topological polar surface area (TPSA) is 40.1 Å². The minimum absolute atomic E-state index is 0.00231. The summed E-state index contributed by atoms with van der Waals surface area (Å²) in [5.41, 5.74) is 0. The lowest BCUT2D eigenvalue weighted by atomic mass is 10.4. The maximum atomic E-state index is 10.8. The molecule has 0 bridgehead atoms. The first kappa shape index (κ1) is 4.85. The fraction of sp³-hybridized carbons (Fsp3) is 0.500. The van der Waals surface area contributed by atoms with Crippen molar-refractivity contribution >= 4 is 0 Å². The second-order valence-corrected chi connectivity index (χ2v) is 2.22. The van der Waals surface area contributed by atoms with E-state index in [1.54, 1.807) is 4.57 Å². The first-order chi connectivity index (χ1) is 4.38. The average molecular weight is 125 g/mol. The second-order valence-electron chi connectivity index (χ2n) is 2.22. The monoisotopic (exact) mass is 125 g/mol. The van der Waals surface area contributed by atoms with Crippen LogP contribution in [0.2, 0.25) is 0 Å². The Labute approximate surface area is 52.5 Å². The summed E-state index contributed by atoms with van der Waals surface area (Å²) in [7, 11) is 0. The van der Waals surface area contributed by atoms with Crippen molar-refractivity contribution in [3.8, 4) is 5.88 Å². The number of hydrogen-bond donors (Lipinski definition) is 0. The third-order valence-corrected chi connectivity index (χ3v) is 1.64. The van der Waals surface area contributed by atoms with Crippen LogP contribution in [0.1, 0.15) is 12.3 Å². The van der Waals surface area contributed by atoms with E-state index in [1.807, 2.05) is 0 Å². The van der Waals surface area contributed by atoms with E-state index in [-0.39, 0.29) is 5.88 Å². The van der Waals surface area contributed by atoms with Crippen LogP contribution in [0.15, 0.2) is 10.7 Å². The highest BCUT2D eigenvalue weighted by Gasteiger charge is 2.22. The number of rotatable bonds is 0. The Morgan fingerprint density at radius 3 is 3.33 bits per heavy atom. The Kier molecular flexibility index (Phi) is 0.806. The Morgan fingerprint density at radius 2 is 2.56 bits per heavy atom. The smallest absolute Gasteiger partial charge is 0.346 e. The van der Waals surface area contributed by atoms with Crippen LogP contribution in [-0.2, 0) is 13.0 Å². The second kappa shape index (κ2) is 1.50. The van der Waals surface area contributed by atoms with Gasteiger partial charge >= 0.3 is 5.89 Å². The Balaban J connectivity index is 2.56. The van der Waals surface area contributed by atoms with Crippen LogP contribution in [0.4, 0.5) is 0 Å². The summed E-state index contributed by atoms with van der Waals surface area (Å²) in [4.78, 5) is 0. The predicted octanol–water partition coefficient (Wildman–Crippen LogP) is -0.413. The van der Waals surface area contributed by atoms with Gasteiger partial charge in [0.15, 0.2) is 18.7 Å². The molecule has 0 saturated heterocycles. The molecule has 0 saturated carbocycles. The van der Waals surface area contributed by atoms with Crippen LogP contribution >= 0.6 is 0 Å². The van der Waals surface area contributed by atoms with Crippen molar-refractivity contribution in [3.63, 3.8) is 0 Å². The lowest BCUT2D eigenvalue weighted by Crippen LogP contribution is -2.33. The van der Waals surface area contributed by atoms with Crippen molar-refractivity contribution in [2.45, 2.75) is 19.4 Å². The molecule has 0 radical (unpaired) electrons. The fourth-order valence-corrected chi connectivity index (χ4v) is 1.19. The standard InChI is InChI=1S/C6H7NO2/c8-5-4-9-6-2-1-3-7(5)6/h4H,1-3H2. The highest BCUT2D eigenvalue weighted by Crippen LogP contribution is 2.10. The molecule has 9 heavy (non-hydrogen) atoms. The molecule has 2 rings (SSSR count). The number of hydrogen-bond acceptors (Lipinski definition) is 2. The van der Waals surface area contributed by atoms with Crippen LogP contribution in [0.3, 0.4) is 0 Å². The Hall–Kier alpha value is -0.990. The van der Waals surface area contributed by atoms with Crippen molar-refractivity contribution in [3.05, 3.63) is 12.2 Å². The minimum atomic E-state index is 0.00231. The van der Waals surface area contributed by atoms with Crippen molar-refractivity contribution in [2.75, 3.05) is 0 Å². The highest BCUT2D eigenvalue weighted by atomic mass is 16.4. The van der Waals surface area contributed by atoms with Crippen LogP contribution in [0, 0.1) is 0 Å². The van der Waals surface area contributed by atoms with E-state index in [2.05, 4.69) is 0 Å². The largest absolute Gasteiger partial charge is 0.821 e. The molecule has 48 valence electrons. The molecule has 0 amide bonds. The van der Waals surface area contributed by atoms with Gasteiger partial charge in [-0.15, -0.1) is 0 Å². The molecule has 0 unspecified atom stereocenters. The van der Waals surface area contributed by atoms with Gasteiger partial charge in [-0.1, -0.05) is 0 Å². The zero-order valence-electron chi connectivity index (χ0n) is 4.96. The van der Waals surface area contributed by atoms with Gasteiger partial charge in [0.1, 0.15) is 0 Å². The number of oxazole rings is 1. The molecule has 0 atom stereocenters. The molecule has 0 aromatic carbocycles. The molecule has 3 nitrogen and oxygen atoms in total. The zero-order valence-corrected chi connectivity index (χ0v) is 4.96. The maximum Gasteiger partial charge on any atom is 0.346 e. The molecule has 0 N–H and O–H groups in total. The van der Waals surface area contributed by atoms with Crippen LogP contribution < -0.4 is 9.67 Å². The lowest BCUT2D eigenvalue weighted by molar-refractivity contribution is -0.731. The quantitative estimate of drug-likeness (QED) is 0.442. The van der Waals surface area contributed by atoms with Gasteiger partial charge in [0, 0.05) is 6.42 Å². The summed E-state index contributed by atoms with van der Waals surface area (Å²) in [6.07, 6.45) is 3.24. The molecule has 3 heteroatoms. The molecule has 1 aromatic rings. The molecule has 1 aliphatic heterocycles. The van der Waals surface area contributed by atoms with Gasteiger partial charge in [0.05, 0.1) is 6.42 Å². The lowest BCUT2D eigenvalue weighted by Gasteiger charge is -1.91. The third-order valence-electron chi connectivity index (χ3n) is 1.64. The molecule has 0 aliphatic carbocycles. The summed E-state index contributed by atoms with van der Waals surface area (Å²) < 4.78 is 6.64. The molecular weight excluding hydrogens is 118 g/mol. The first-order valence-corrected chi connectivity index (χ1v) is 3.05. The molecule has 1 aromatic heterocycles. The highest BCUT2D eigenvalue weighted by molar-refractivity contribution is 4.88. The third kappa shape index (κ3) is 0.542. The summed E-state index contributed by atoms with van der Waals surface area (Å²) in [5, 5.41) is 10.8. The van der Waals surface area contributed by atoms with Gasteiger partial charge in [-0.3, -0.25) is 0 Å². The number of nitrogens with zero attached hydrogens (tertiary/aromatic N) is 1. The predicted molar refractivity (Wildman–Crippen MR) is 26.7 cm³/mol. The summed E-state index contributed by atoms with van der Waals surface area (Å²) in [5.74, 6) is 0.836. The van der Waals surface area contributed by atoms with E-state index in [1.165, 1.54) is 6.26 Å². The maximum absolute atomic E-state index is 10.8. The Morgan fingerprint density at radius 1 is 1.67 bits per heavy atom. The van der Waals surface area contributed by atoms with E-state index in [0.717, 1.165) is 25.3 Å². The van der Waals surface area contributed by atoms with Crippen LogP contribution in [0.25, 0.3) is 0 Å². The SMILES string of the molecule is [O-]c1coc2[n+]1CCC2. The zero-order chi connectivity index (χ0) is 6.27. The average Bonchev–Trinajstić information content (AvgIpc) is 2.35. The van der Waals surface area contributed by atoms with Crippen molar-refractivity contribution in [2.24, 2.45) is 0 Å². The summed E-state index contributed by atoms with van der Waals surface area (Å²) >= 11 is 0. The van der Waals surface area contributed by atoms with Gasteiger partial charge in [0.2, 0.25) is 0 Å². The molecule has 0 fully saturated rings.